The van der Waals surface area contributed by atoms with E-state index in [1.165, 1.54) is 6.07 Å². The molecule has 2 heterocycles. The second-order valence-corrected chi connectivity index (χ2v) is 9.07. The first-order chi connectivity index (χ1) is 16.5. The molecule has 2 atom stereocenters. The van der Waals surface area contributed by atoms with Crippen molar-refractivity contribution in [1.29, 1.82) is 0 Å². The van der Waals surface area contributed by atoms with Crippen molar-refractivity contribution in [2.45, 2.75) is 44.6 Å². The van der Waals surface area contributed by atoms with Gasteiger partial charge in [0.2, 0.25) is 0 Å². The number of pyridine rings is 1. The average Bonchev–Trinajstić information content (AvgIpc) is 2.88. The molecular formula is C29H32FN2O2. The molecule has 34 heavy (non-hydrogen) atoms. The molecule has 5 heteroatoms. The Balaban J connectivity index is 1.74. The van der Waals surface area contributed by atoms with Gasteiger partial charge in [-0.3, -0.25) is 9.78 Å². The number of likely N-dealkylation sites (tertiary alicyclic amines) is 1. The normalized spacial score (nSPS) is 17.9. The van der Waals surface area contributed by atoms with Gasteiger partial charge in [-0.15, -0.1) is 0 Å². The maximum Gasteiger partial charge on any atom is 0.253 e. The zero-order valence-electron chi connectivity index (χ0n) is 19.7. The van der Waals surface area contributed by atoms with Crippen LogP contribution in [-0.4, -0.2) is 34.0 Å². The van der Waals surface area contributed by atoms with Crippen LogP contribution in [0.5, 0.6) is 0 Å². The molecule has 0 saturated carbocycles. The molecular weight excluding hydrogens is 427 g/mol. The summed E-state index contributed by atoms with van der Waals surface area (Å²) in [5.74, 6) is -0.656. The number of carbonyl (C=O) groups excluding carboxylic acids is 1. The maximum atomic E-state index is 15.3. The van der Waals surface area contributed by atoms with Gasteiger partial charge in [0, 0.05) is 42.5 Å². The molecule has 0 aliphatic carbocycles. The molecule has 2 unspecified atom stereocenters. The SMILES string of the molecule is [CH2]CCC(O)(c1cccc(F)c1-c1cccc(CC)c1)C1CCCN(C(=O)c2ccncc2)C1. The van der Waals surface area contributed by atoms with E-state index < -0.39 is 5.60 Å². The van der Waals surface area contributed by atoms with Crippen molar-refractivity contribution < 1.29 is 14.3 Å². The Labute approximate surface area is 201 Å². The van der Waals surface area contributed by atoms with Crippen molar-refractivity contribution >= 4 is 5.91 Å². The lowest BCUT2D eigenvalue weighted by atomic mass is 9.72. The van der Waals surface area contributed by atoms with Gasteiger partial charge in [0.25, 0.3) is 5.91 Å². The number of aromatic nitrogens is 1. The Morgan fingerprint density at radius 3 is 2.71 bits per heavy atom. The second kappa shape index (κ2) is 10.5. The van der Waals surface area contributed by atoms with E-state index in [1.807, 2.05) is 30.3 Å². The largest absolute Gasteiger partial charge is 0.385 e. The van der Waals surface area contributed by atoms with Crippen LogP contribution in [0.1, 0.15) is 54.1 Å². The molecule has 0 spiro atoms. The van der Waals surface area contributed by atoms with Crippen LogP contribution in [0.3, 0.4) is 0 Å². The Bertz CT molecular complexity index is 1130. The Kier molecular flexibility index (Phi) is 7.42. The molecule has 3 aromatic rings. The standard InChI is InChI=1S/C29H32FN2O2/c1-3-15-29(34,24-10-7-18-32(20-24)28(33)22-13-16-31-17-14-22)25-11-6-12-26(30)27(25)23-9-5-8-21(4-2)19-23/h5-6,8-9,11-14,16-17,19,24,34H,1,3-4,7,10,15,18,20H2,2H3. The van der Waals surface area contributed by atoms with E-state index in [9.17, 15) is 9.90 Å². The van der Waals surface area contributed by atoms with E-state index >= 15 is 4.39 Å². The number of rotatable bonds is 7. The Morgan fingerprint density at radius 1 is 1.21 bits per heavy atom. The van der Waals surface area contributed by atoms with Gasteiger partial charge in [-0.25, -0.2) is 4.39 Å². The number of aliphatic hydroxyl groups is 1. The van der Waals surface area contributed by atoms with Crippen molar-refractivity contribution in [3.63, 3.8) is 0 Å². The molecule has 0 bridgehead atoms. The van der Waals surface area contributed by atoms with Crippen molar-refractivity contribution in [1.82, 2.24) is 9.88 Å². The third kappa shape index (κ3) is 4.76. The molecule has 1 saturated heterocycles. The summed E-state index contributed by atoms with van der Waals surface area (Å²) in [6.07, 6.45) is 6.47. The van der Waals surface area contributed by atoms with E-state index in [2.05, 4.69) is 18.8 Å². The van der Waals surface area contributed by atoms with E-state index in [4.69, 9.17) is 0 Å². The fourth-order valence-corrected chi connectivity index (χ4v) is 5.18. The third-order valence-electron chi connectivity index (χ3n) is 6.97. The van der Waals surface area contributed by atoms with Crippen LogP contribution in [0.2, 0.25) is 0 Å². The fraction of sp³-hybridized carbons (Fsp3) is 0.345. The summed E-state index contributed by atoms with van der Waals surface area (Å²) >= 11 is 0. The van der Waals surface area contributed by atoms with Crippen molar-refractivity contribution in [3.05, 3.63) is 96.4 Å². The lowest BCUT2D eigenvalue weighted by Gasteiger charge is -2.43. The highest BCUT2D eigenvalue weighted by Gasteiger charge is 2.42. The van der Waals surface area contributed by atoms with Gasteiger partial charge in [0.05, 0.1) is 5.60 Å². The van der Waals surface area contributed by atoms with Crippen LogP contribution in [0.15, 0.2) is 67.0 Å². The van der Waals surface area contributed by atoms with E-state index in [0.717, 1.165) is 30.4 Å². The number of hydrogen-bond acceptors (Lipinski definition) is 3. The van der Waals surface area contributed by atoms with Crippen molar-refractivity contribution in [2.24, 2.45) is 5.92 Å². The van der Waals surface area contributed by atoms with Crippen LogP contribution in [0.4, 0.5) is 4.39 Å². The summed E-state index contributed by atoms with van der Waals surface area (Å²) in [7, 11) is 0. The van der Waals surface area contributed by atoms with E-state index in [1.54, 1.807) is 35.5 Å². The average molecular weight is 460 g/mol. The highest BCUT2D eigenvalue weighted by atomic mass is 19.1. The van der Waals surface area contributed by atoms with Gasteiger partial charge in [0.15, 0.2) is 0 Å². The number of piperidine rings is 1. The highest BCUT2D eigenvalue weighted by molar-refractivity contribution is 5.94. The minimum absolute atomic E-state index is 0.0702. The van der Waals surface area contributed by atoms with E-state index in [-0.39, 0.29) is 17.6 Å². The number of aryl methyl sites for hydroxylation is 1. The quantitative estimate of drug-likeness (QED) is 0.486. The van der Waals surface area contributed by atoms with Crippen LogP contribution in [-0.2, 0) is 12.0 Å². The number of halogens is 1. The first-order valence-electron chi connectivity index (χ1n) is 12.1. The first kappa shape index (κ1) is 24.1. The maximum absolute atomic E-state index is 15.3. The van der Waals surface area contributed by atoms with Crippen molar-refractivity contribution in [2.75, 3.05) is 13.1 Å². The van der Waals surface area contributed by atoms with Crippen LogP contribution >= 0.6 is 0 Å². The number of amides is 1. The number of nitrogens with zero attached hydrogens (tertiary/aromatic N) is 2. The van der Waals surface area contributed by atoms with Gasteiger partial charge >= 0.3 is 0 Å². The summed E-state index contributed by atoms with van der Waals surface area (Å²) in [4.78, 5) is 18.9. The summed E-state index contributed by atoms with van der Waals surface area (Å²) in [6, 6.07) is 16.2. The van der Waals surface area contributed by atoms with Crippen LogP contribution < -0.4 is 0 Å². The monoisotopic (exact) mass is 459 g/mol. The molecule has 4 nitrogen and oxygen atoms in total. The van der Waals surface area contributed by atoms with Gasteiger partial charge in [-0.2, -0.15) is 0 Å². The minimum Gasteiger partial charge on any atom is -0.385 e. The fourth-order valence-electron chi connectivity index (χ4n) is 5.18. The van der Waals surface area contributed by atoms with Gasteiger partial charge in [-0.05, 0) is 60.6 Å². The molecule has 4 rings (SSSR count). The topological polar surface area (TPSA) is 53.4 Å². The molecule has 1 N–H and O–H groups in total. The summed E-state index contributed by atoms with van der Waals surface area (Å²) in [5, 5.41) is 12.2. The summed E-state index contributed by atoms with van der Waals surface area (Å²) in [5.41, 5.74) is 2.16. The predicted octanol–water partition coefficient (Wildman–Crippen LogP) is 5.80. The van der Waals surface area contributed by atoms with Gasteiger partial charge < -0.3 is 10.0 Å². The van der Waals surface area contributed by atoms with Crippen molar-refractivity contribution in [3.8, 4) is 11.1 Å². The summed E-state index contributed by atoms with van der Waals surface area (Å²) in [6.45, 7) is 7.11. The zero-order chi connectivity index (χ0) is 24.1. The van der Waals surface area contributed by atoms with Crippen LogP contribution in [0.25, 0.3) is 11.1 Å². The predicted molar refractivity (Wildman–Crippen MR) is 133 cm³/mol. The molecule has 1 aliphatic rings. The lowest BCUT2D eigenvalue weighted by molar-refractivity contribution is -0.0547. The molecule has 1 fully saturated rings. The number of hydrogen-bond donors (Lipinski definition) is 1. The highest BCUT2D eigenvalue weighted by Crippen LogP contribution is 2.44. The second-order valence-electron chi connectivity index (χ2n) is 9.07. The lowest BCUT2D eigenvalue weighted by Crippen LogP contribution is -2.48. The van der Waals surface area contributed by atoms with Gasteiger partial charge in [-0.1, -0.05) is 56.7 Å². The molecule has 1 radical (unpaired) electrons. The minimum atomic E-state index is -1.31. The Hall–Kier alpha value is -3.05. The first-order valence-corrected chi connectivity index (χ1v) is 12.1. The Morgan fingerprint density at radius 2 is 1.97 bits per heavy atom. The molecule has 1 aliphatic heterocycles. The molecule has 1 aromatic heterocycles. The molecule has 1 amide bonds. The van der Waals surface area contributed by atoms with Gasteiger partial charge in [0.1, 0.15) is 5.82 Å². The van der Waals surface area contributed by atoms with Crippen LogP contribution in [0, 0.1) is 18.7 Å². The number of carbonyl (C=O) groups is 1. The molecule has 177 valence electrons. The van der Waals surface area contributed by atoms with E-state index in [0.29, 0.717) is 42.6 Å². The smallest absolute Gasteiger partial charge is 0.253 e. The third-order valence-corrected chi connectivity index (χ3v) is 6.97. The molecule has 2 aromatic carbocycles. The zero-order valence-corrected chi connectivity index (χ0v) is 19.7. The summed E-state index contributed by atoms with van der Waals surface area (Å²) < 4.78 is 15.3. The number of benzene rings is 2.